The minimum atomic E-state index is -2.43. The van der Waals surface area contributed by atoms with Gasteiger partial charge in [0.15, 0.2) is 0 Å². The molecule has 0 saturated heterocycles. The van der Waals surface area contributed by atoms with Gasteiger partial charge in [-0.05, 0) is 71.6 Å². The molecule has 0 aliphatic carbocycles. The first-order valence-corrected chi connectivity index (χ1v) is 21.9. The molecule has 0 heterocycles. The number of benzene rings is 2. The van der Waals surface area contributed by atoms with Crippen molar-refractivity contribution in [2.24, 2.45) is 0 Å². The summed E-state index contributed by atoms with van der Waals surface area (Å²) in [5.74, 6) is 2.00. The Labute approximate surface area is 236 Å². The minimum absolute atomic E-state index is 0.675. The first-order chi connectivity index (χ1) is 17.4. The van der Waals surface area contributed by atoms with E-state index in [0.717, 1.165) is 23.6 Å². The van der Waals surface area contributed by atoms with Crippen molar-refractivity contribution in [3.63, 3.8) is 0 Å². The molecule has 0 aromatic heterocycles. The van der Waals surface area contributed by atoms with Crippen LogP contribution in [0.4, 0.5) is 0 Å². The Morgan fingerprint density at radius 1 is 0.528 bits per heavy atom. The Hall–Kier alpha value is 0.114. The summed E-state index contributed by atoms with van der Waals surface area (Å²) < 4.78 is 25.3. The van der Waals surface area contributed by atoms with Crippen molar-refractivity contribution in [3.8, 4) is 0 Å². The second kappa shape index (κ2) is 17.7. The van der Waals surface area contributed by atoms with E-state index >= 15 is 0 Å². The zero-order valence-corrected chi connectivity index (χ0v) is 27.8. The van der Waals surface area contributed by atoms with E-state index < -0.39 is 17.1 Å². The fourth-order valence-corrected chi connectivity index (χ4v) is 18.4. The molecule has 0 N–H and O–H groups in total. The summed E-state index contributed by atoms with van der Waals surface area (Å²) in [6, 6.07) is 19.3. The van der Waals surface area contributed by atoms with Crippen molar-refractivity contribution in [2.75, 3.05) is 37.9 Å². The lowest BCUT2D eigenvalue weighted by Crippen LogP contribution is -2.54. The quantitative estimate of drug-likeness (QED) is 0.0955. The van der Waals surface area contributed by atoms with Crippen LogP contribution >= 0.6 is 41.2 Å². The Morgan fingerprint density at radius 3 is 1.11 bits per heavy atom. The van der Waals surface area contributed by atoms with Gasteiger partial charge in [0.2, 0.25) is 0 Å². The van der Waals surface area contributed by atoms with Crippen LogP contribution < -0.4 is 10.4 Å². The van der Waals surface area contributed by atoms with Gasteiger partial charge in [0.25, 0.3) is 0 Å². The molecule has 2 aromatic rings. The Bertz CT molecular complexity index is 773. The van der Waals surface area contributed by atoms with Crippen LogP contribution in [0.2, 0.25) is 12.1 Å². The molecule has 10 heteroatoms. The molecule has 0 bridgehead atoms. The Kier molecular flexibility index (Phi) is 15.9. The van der Waals surface area contributed by atoms with E-state index in [0.29, 0.717) is 26.4 Å². The Balaban J connectivity index is 1.85. The zero-order chi connectivity index (χ0) is 26.3. The van der Waals surface area contributed by atoms with Crippen molar-refractivity contribution in [2.45, 2.75) is 53.6 Å². The third-order valence-electron chi connectivity index (χ3n) is 5.65. The van der Waals surface area contributed by atoms with Crippen molar-refractivity contribution in [1.29, 1.82) is 0 Å². The highest BCUT2D eigenvalue weighted by atomic mass is 33.7. The maximum atomic E-state index is 6.33. The lowest BCUT2D eigenvalue weighted by molar-refractivity contribution is 0.196. The van der Waals surface area contributed by atoms with Crippen LogP contribution in [0.15, 0.2) is 48.5 Å². The molecule has 2 rings (SSSR count). The van der Waals surface area contributed by atoms with Gasteiger partial charge in [-0.3, -0.25) is 0 Å². The van der Waals surface area contributed by atoms with E-state index in [1.54, 1.807) is 0 Å². The van der Waals surface area contributed by atoms with E-state index in [1.807, 2.05) is 41.2 Å². The summed E-state index contributed by atoms with van der Waals surface area (Å²) in [6.07, 6.45) is 0. The molecule has 36 heavy (non-hydrogen) atoms. The lowest BCUT2D eigenvalue weighted by atomic mass is 10.2. The van der Waals surface area contributed by atoms with Crippen LogP contribution in [0.1, 0.15) is 38.8 Å². The molecule has 4 nitrogen and oxygen atoms in total. The molecular formula is C26H42O4S4Si2. The van der Waals surface area contributed by atoms with E-state index in [1.165, 1.54) is 21.5 Å². The second-order valence-electron chi connectivity index (χ2n) is 8.25. The number of rotatable bonds is 19. The third-order valence-corrected chi connectivity index (χ3v) is 20.1. The van der Waals surface area contributed by atoms with E-state index in [2.05, 4.69) is 90.1 Å². The third kappa shape index (κ3) is 10.0. The fourth-order valence-electron chi connectivity index (χ4n) is 4.00. The molecule has 0 radical (unpaired) electrons. The summed E-state index contributed by atoms with van der Waals surface area (Å²) in [5, 5.41) is 2.46. The molecule has 0 atom stereocenters. The molecule has 202 valence electrons. The van der Waals surface area contributed by atoms with Crippen LogP contribution in [0, 0.1) is 13.8 Å². The predicted molar refractivity (Wildman–Crippen MR) is 169 cm³/mol. The van der Waals surface area contributed by atoms with E-state index in [9.17, 15) is 0 Å². The lowest BCUT2D eigenvalue weighted by Gasteiger charge is -2.30. The smallest absolute Gasteiger partial charge is 0.373 e. The van der Waals surface area contributed by atoms with Crippen molar-refractivity contribution in [1.82, 2.24) is 0 Å². The van der Waals surface area contributed by atoms with Crippen molar-refractivity contribution in [3.05, 3.63) is 59.7 Å². The van der Waals surface area contributed by atoms with Crippen molar-refractivity contribution < 1.29 is 17.7 Å². The highest BCUT2D eigenvalue weighted by molar-refractivity contribution is 9.26. The van der Waals surface area contributed by atoms with Gasteiger partial charge in [-0.2, -0.15) is 0 Å². The average Bonchev–Trinajstić information content (AvgIpc) is 2.87. The van der Waals surface area contributed by atoms with E-state index in [-0.39, 0.29) is 0 Å². The summed E-state index contributed by atoms with van der Waals surface area (Å²) in [6.45, 7) is 15.2. The van der Waals surface area contributed by atoms with Gasteiger partial charge in [0.05, 0.1) is 0 Å². The molecule has 0 aliphatic rings. The number of hydrogen-bond acceptors (Lipinski definition) is 8. The van der Waals surface area contributed by atoms with Gasteiger partial charge in [-0.1, -0.05) is 81.2 Å². The van der Waals surface area contributed by atoms with Gasteiger partial charge in [-0.15, -0.1) is 0 Å². The maximum absolute atomic E-state index is 6.33. The first-order valence-electron chi connectivity index (χ1n) is 12.7. The van der Waals surface area contributed by atoms with Crippen molar-refractivity contribution >= 4 is 68.7 Å². The van der Waals surface area contributed by atoms with Gasteiger partial charge in [0, 0.05) is 50.0 Å². The summed E-state index contributed by atoms with van der Waals surface area (Å²) in [5.41, 5.74) is 2.52. The molecule has 0 aliphatic heterocycles. The standard InChI is InChI=1S/C26H42O4S4Si2/c1-7-27-35(28-8-2,25-15-11-23(5)12-16-25)21-19-31-33-34-32-20-22-36(29-9-3,30-10-4)26-17-13-24(6)14-18-26/h11-18H,7-10,19-22H2,1-6H3. The summed E-state index contributed by atoms with van der Waals surface area (Å²) >= 11 is 0. The maximum Gasteiger partial charge on any atom is 0.373 e. The van der Waals surface area contributed by atoms with Crippen LogP contribution in [-0.4, -0.2) is 55.1 Å². The molecule has 0 saturated carbocycles. The molecule has 0 spiro atoms. The SMILES string of the molecule is CCO[Si](CCSSSSCC[Si](OCC)(OCC)c1ccc(C)cc1)(OCC)c1ccc(C)cc1. The average molecular weight is 603 g/mol. The zero-order valence-electron chi connectivity index (χ0n) is 22.5. The highest BCUT2D eigenvalue weighted by Gasteiger charge is 2.40. The van der Waals surface area contributed by atoms with Gasteiger partial charge in [-0.25, -0.2) is 0 Å². The predicted octanol–water partition coefficient (Wildman–Crippen LogP) is 7.13. The monoisotopic (exact) mass is 602 g/mol. The molecular weight excluding hydrogens is 561 g/mol. The van der Waals surface area contributed by atoms with Crippen LogP contribution in [0.3, 0.4) is 0 Å². The highest BCUT2D eigenvalue weighted by Crippen LogP contribution is 2.44. The molecule has 2 aromatic carbocycles. The number of aryl methyl sites for hydroxylation is 2. The van der Waals surface area contributed by atoms with Crippen LogP contribution in [0.25, 0.3) is 0 Å². The van der Waals surface area contributed by atoms with Crippen LogP contribution in [-0.2, 0) is 17.7 Å². The normalized spacial score (nSPS) is 12.3. The minimum Gasteiger partial charge on any atom is -0.391 e. The van der Waals surface area contributed by atoms with Gasteiger partial charge < -0.3 is 17.7 Å². The fraction of sp³-hybridized carbons (Fsp3) is 0.538. The largest absolute Gasteiger partial charge is 0.391 e. The molecule has 0 amide bonds. The second-order valence-corrected chi connectivity index (χ2v) is 20.8. The summed E-state index contributed by atoms with van der Waals surface area (Å²) in [7, 11) is 2.60. The van der Waals surface area contributed by atoms with Gasteiger partial charge in [0.1, 0.15) is 0 Å². The molecule has 0 fully saturated rings. The van der Waals surface area contributed by atoms with E-state index in [4.69, 9.17) is 17.7 Å². The number of hydrogen-bond donors (Lipinski definition) is 0. The van der Waals surface area contributed by atoms with Gasteiger partial charge >= 0.3 is 17.1 Å². The molecule has 0 unspecified atom stereocenters. The van der Waals surface area contributed by atoms with Crippen LogP contribution in [0.5, 0.6) is 0 Å². The Morgan fingerprint density at radius 2 is 0.833 bits per heavy atom. The first kappa shape index (κ1) is 32.3. The topological polar surface area (TPSA) is 36.9 Å². The summed E-state index contributed by atoms with van der Waals surface area (Å²) in [4.78, 5) is 0.